The molecule has 0 spiro atoms. The van der Waals surface area contributed by atoms with Crippen LogP contribution >= 0.6 is 0 Å². The van der Waals surface area contributed by atoms with E-state index in [2.05, 4.69) is 19.3 Å². The molecule has 0 aromatic heterocycles. The van der Waals surface area contributed by atoms with E-state index in [0.29, 0.717) is 6.54 Å². The van der Waals surface area contributed by atoms with E-state index in [4.69, 9.17) is 0 Å². The summed E-state index contributed by atoms with van der Waals surface area (Å²) in [5, 5.41) is 0. The molecule has 1 heterocycles. The Bertz CT molecular complexity index is 168. The number of nitrogens with zero attached hydrogens (tertiary/aromatic N) is 1. The van der Waals surface area contributed by atoms with Gasteiger partial charge in [0.1, 0.15) is 0 Å². The summed E-state index contributed by atoms with van der Waals surface area (Å²) in [5.74, 6) is 0.124. The van der Waals surface area contributed by atoms with Crippen LogP contribution in [0, 0.1) is 0 Å². The van der Waals surface area contributed by atoms with Gasteiger partial charge in [0.05, 0.1) is 0 Å². The largest absolute Gasteiger partial charge is 0.342 e. The Morgan fingerprint density at radius 2 is 2.10 bits per heavy atom. The van der Waals surface area contributed by atoms with Crippen molar-refractivity contribution in [3.63, 3.8) is 0 Å². The maximum absolute atomic E-state index is 10.5. The molecule has 0 aromatic rings. The number of hydrazine groups is 1. The number of hydrogen-bond donors (Lipinski definition) is 1. The van der Waals surface area contributed by atoms with Gasteiger partial charge in [-0.05, 0) is 0 Å². The number of carbonyl (C=O) groups is 1. The topological polar surface area (TPSA) is 32.1 Å². The van der Waals surface area contributed by atoms with Gasteiger partial charge in [0, 0.05) is 12.8 Å². The zero-order valence-electron chi connectivity index (χ0n) is 6.48. The van der Waals surface area contributed by atoms with Crippen molar-refractivity contribution < 1.29 is 9.48 Å². The minimum Gasteiger partial charge on any atom is -0.262 e. The van der Waals surface area contributed by atoms with E-state index in [9.17, 15) is 4.79 Å². The Hall–Kier alpha value is -0.860. The van der Waals surface area contributed by atoms with Gasteiger partial charge in [0.2, 0.25) is 0 Å². The summed E-state index contributed by atoms with van der Waals surface area (Å²) in [5.41, 5.74) is 4.01. The molecule has 1 fully saturated rings. The highest BCUT2D eigenvalue weighted by Gasteiger charge is 2.29. The molecule has 1 N–H and O–H groups in total. The number of amides is 1. The molecule has 1 rings (SSSR count). The minimum atomic E-state index is 0.124. The molecule has 1 aliphatic heterocycles. The lowest BCUT2D eigenvalue weighted by atomic mass is 10.2. The maximum atomic E-state index is 10.5. The van der Waals surface area contributed by atoms with Crippen LogP contribution in [0.25, 0.3) is 0 Å². The molecular formula is C7H13N2O+. The summed E-state index contributed by atoms with van der Waals surface area (Å²) in [6.07, 6.45) is 2.05. The second kappa shape index (κ2) is 2.82. The molecule has 10 heavy (non-hydrogen) atoms. The first-order valence-corrected chi connectivity index (χ1v) is 3.69. The molecule has 56 valence electrons. The lowest BCUT2D eigenvalue weighted by Crippen LogP contribution is -2.54. The molecule has 0 bridgehead atoms. The fraction of sp³-hybridized carbons (Fsp3) is 0.714. The maximum Gasteiger partial charge on any atom is 0.342 e. The van der Waals surface area contributed by atoms with Crippen LogP contribution in [-0.2, 0) is 4.79 Å². The first kappa shape index (κ1) is 7.25. The summed E-state index contributed by atoms with van der Waals surface area (Å²) in [6.45, 7) is 4.75. The van der Waals surface area contributed by atoms with E-state index in [1.54, 1.807) is 0 Å². The van der Waals surface area contributed by atoms with Gasteiger partial charge in [-0.1, -0.05) is 13.8 Å². The summed E-state index contributed by atoms with van der Waals surface area (Å²) < 4.78 is 1.92. The molecule has 0 aromatic carbocycles. The highest BCUT2D eigenvalue weighted by Crippen LogP contribution is 1.95. The molecule has 0 saturated carbocycles. The first-order valence-electron chi connectivity index (χ1n) is 3.69. The highest BCUT2D eigenvalue weighted by molar-refractivity contribution is 5.85. The standard InChI is InChI=1S/C7H12N2O/c1-3-6(4-2)9-5-7(10)8-9/h3-5H2,1-2H3/p+1. The molecule has 0 radical (unpaired) electrons. The van der Waals surface area contributed by atoms with Crippen LogP contribution in [0.15, 0.2) is 0 Å². The second-order valence-corrected chi connectivity index (χ2v) is 2.39. The third-order valence-corrected chi connectivity index (χ3v) is 1.76. The predicted octanol–water partition coefficient (Wildman–Crippen LogP) is 0.305. The van der Waals surface area contributed by atoms with Crippen molar-refractivity contribution in [3.05, 3.63) is 0 Å². The number of rotatable bonds is 2. The third kappa shape index (κ3) is 1.17. The Morgan fingerprint density at radius 3 is 2.40 bits per heavy atom. The van der Waals surface area contributed by atoms with E-state index in [-0.39, 0.29) is 5.91 Å². The summed E-state index contributed by atoms with van der Waals surface area (Å²) in [6, 6.07) is 0. The van der Waals surface area contributed by atoms with Gasteiger partial charge in [-0.3, -0.25) is 4.79 Å². The smallest absolute Gasteiger partial charge is 0.262 e. The quantitative estimate of drug-likeness (QED) is 0.551. The van der Waals surface area contributed by atoms with Gasteiger partial charge in [-0.2, -0.15) is 0 Å². The Morgan fingerprint density at radius 1 is 1.60 bits per heavy atom. The van der Waals surface area contributed by atoms with Gasteiger partial charge >= 0.3 is 5.91 Å². The molecule has 1 saturated heterocycles. The van der Waals surface area contributed by atoms with E-state index in [1.165, 1.54) is 5.71 Å². The summed E-state index contributed by atoms with van der Waals surface area (Å²) in [7, 11) is 0. The third-order valence-electron chi connectivity index (χ3n) is 1.76. The van der Waals surface area contributed by atoms with Crippen molar-refractivity contribution >= 4 is 11.6 Å². The lowest BCUT2D eigenvalue weighted by molar-refractivity contribution is -0.604. The van der Waals surface area contributed by atoms with Crippen LogP contribution in [0.1, 0.15) is 26.7 Å². The molecular weight excluding hydrogens is 128 g/mol. The van der Waals surface area contributed by atoms with Crippen LogP contribution in [0.2, 0.25) is 0 Å². The van der Waals surface area contributed by atoms with Crippen molar-refractivity contribution in [2.45, 2.75) is 26.7 Å². The fourth-order valence-electron chi connectivity index (χ4n) is 1.10. The van der Waals surface area contributed by atoms with Crippen molar-refractivity contribution in [2.75, 3.05) is 6.54 Å². The summed E-state index contributed by atoms with van der Waals surface area (Å²) >= 11 is 0. The van der Waals surface area contributed by atoms with Gasteiger partial charge in [0.15, 0.2) is 5.71 Å². The monoisotopic (exact) mass is 141 g/mol. The zero-order valence-corrected chi connectivity index (χ0v) is 6.48. The normalized spacial score (nSPS) is 16.2. The van der Waals surface area contributed by atoms with E-state index >= 15 is 0 Å². The number of hydrazone groups is 1. The van der Waals surface area contributed by atoms with Gasteiger partial charge < -0.3 is 0 Å². The van der Waals surface area contributed by atoms with Gasteiger partial charge in [-0.25, -0.2) is 0 Å². The lowest BCUT2D eigenvalue weighted by Gasteiger charge is -2.13. The Labute approximate surface area is 60.7 Å². The van der Waals surface area contributed by atoms with E-state index in [1.807, 2.05) is 4.68 Å². The summed E-state index contributed by atoms with van der Waals surface area (Å²) in [4.78, 5) is 10.5. The Balaban J connectivity index is 2.57. The molecule has 0 unspecified atom stereocenters. The van der Waals surface area contributed by atoms with E-state index < -0.39 is 0 Å². The van der Waals surface area contributed by atoms with Crippen molar-refractivity contribution in [2.24, 2.45) is 0 Å². The van der Waals surface area contributed by atoms with Crippen LogP contribution in [-0.4, -0.2) is 22.8 Å². The fourth-order valence-corrected chi connectivity index (χ4v) is 1.10. The molecule has 1 amide bonds. The van der Waals surface area contributed by atoms with Crippen molar-refractivity contribution in [1.82, 2.24) is 5.43 Å². The minimum absolute atomic E-state index is 0.124. The van der Waals surface area contributed by atoms with Crippen LogP contribution in [0.5, 0.6) is 0 Å². The second-order valence-electron chi connectivity index (χ2n) is 2.39. The molecule has 0 atom stereocenters. The molecule has 3 nitrogen and oxygen atoms in total. The average Bonchev–Trinajstić information content (AvgIpc) is 1.87. The average molecular weight is 141 g/mol. The van der Waals surface area contributed by atoms with Gasteiger partial charge in [-0.15, -0.1) is 10.1 Å². The molecule has 1 aliphatic rings. The highest BCUT2D eigenvalue weighted by atomic mass is 16.2. The van der Waals surface area contributed by atoms with E-state index in [0.717, 1.165) is 12.8 Å². The number of carbonyl (C=O) groups excluding carboxylic acids is 1. The molecule has 3 heteroatoms. The van der Waals surface area contributed by atoms with Crippen LogP contribution in [0.4, 0.5) is 0 Å². The van der Waals surface area contributed by atoms with Crippen molar-refractivity contribution in [3.8, 4) is 0 Å². The van der Waals surface area contributed by atoms with Crippen LogP contribution < -0.4 is 5.43 Å². The molecule has 0 aliphatic carbocycles. The number of nitrogens with one attached hydrogen (secondary N) is 1. The van der Waals surface area contributed by atoms with Crippen molar-refractivity contribution in [1.29, 1.82) is 0 Å². The SMILES string of the molecule is CCC(CC)=[N+]1CC(=O)N1. The van der Waals surface area contributed by atoms with Gasteiger partial charge in [0.25, 0.3) is 6.54 Å². The number of hydrogen-bond acceptors (Lipinski definition) is 1. The first-order chi connectivity index (χ1) is 4.77. The Kier molecular flexibility index (Phi) is 2.04. The predicted molar refractivity (Wildman–Crippen MR) is 38.9 cm³/mol. The zero-order chi connectivity index (χ0) is 7.56. The van der Waals surface area contributed by atoms with Crippen LogP contribution in [0.3, 0.4) is 0 Å².